The van der Waals surface area contributed by atoms with Crippen molar-refractivity contribution in [2.45, 2.75) is 39.3 Å². The van der Waals surface area contributed by atoms with Gasteiger partial charge in [-0.2, -0.15) is 5.10 Å². The molecule has 0 fully saturated rings. The van der Waals surface area contributed by atoms with E-state index in [1.807, 2.05) is 4.68 Å². The molecule has 4 nitrogen and oxygen atoms in total. The SMILES string of the molecule is CC(C)(C)c1nc2n(n1)CCOC2. The van der Waals surface area contributed by atoms with Gasteiger partial charge in [0.05, 0.1) is 13.2 Å². The monoisotopic (exact) mass is 181 g/mol. The van der Waals surface area contributed by atoms with Crippen molar-refractivity contribution < 1.29 is 4.74 Å². The van der Waals surface area contributed by atoms with E-state index in [-0.39, 0.29) is 5.41 Å². The molecule has 4 heteroatoms. The Bertz CT molecular complexity index is 288. The van der Waals surface area contributed by atoms with Crippen LogP contribution in [0.1, 0.15) is 32.4 Å². The topological polar surface area (TPSA) is 39.9 Å². The van der Waals surface area contributed by atoms with Gasteiger partial charge in [-0.25, -0.2) is 9.67 Å². The highest BCUT2D eigenvalue weighted by atomic mass is 16.5. The van der Waals surface area contributed by atoms with E-state index in [0.717, 1.165) is 24.8 Å². The standard InChI is InChI=1S/C9H15N3O/c1-9(2,3)8-10-7-6-13-5-4-12(7)11-8/h4-6H2,1-3H3. The third-order valence-corrected chi connectivity index (χ3v) is 2.10. The van der Waals surface area contributed by atoms with Crippen molar-refractivity contribution in [3.8, 4) is 0 Å². The van der Waals surface area contributed by atoms with Crippen LogP contribution in [0.25, 0.3) is 0 Å². The first-order valence-electron chi connectivity index (χ1n) is 4.59. The molecular weight excluding hydrogens is 166 g/mol. The molecule has 1 aliphatic heterocycles. The molecule has 1 aliphatic rings. The lowest BCUT2D eigenvalue weighted by Crippen LogP contribution is -2.18. The summed E-state index contributed by atoms with van der Waals surface area (Å²) in [6.45, 7) is 8.54. The Kier molecular flexibility index (Phi) is 1.87. The van der Waals surface area contributed by atoms with Crippen LogP contribution in [0.5, 0.6) is 0 Å². The minimum Gasteiger partial charge on any atom is -0.372 e. The maximum absolute atomic E-state index is 5.30. The van der Waals surface area contributed by atoms with E-state index < -0.39 is 0 Å². The molecule has 2 rings (SSSR count). The average Bonchev–Trinajstić information content (AvgIpc) is 2.45. The fraction of sp³-hybridized carbons (Fsp3) is 0.778. The molecule has 2 heterocycles. The summed E-state index contributed by atoms with van der Waals surface area (Å²) in [6, 6.07) is 0. The summed E-state index contributed by atoms with van der Waals surface area (Å²) in [5, 5.41) is 4.45. The van der Waals surface area contributed by atoms with Crippen molar-refractivity contribution in [3.05, 3.63) is 11.6 Å². The van der Waals surface area contributed by atoms with Gasteiger partial charge in [0, 0.05) is 5.41 Å². The van der Waals surface area contributed by atoms with Gasteiger partial charge in [-0.1, -0.05) is 20.8 Å². The van der Waals surface area contributed by atoms with Gasteiger partial charge in [0.2, 0.25) is 0 Å². The highest BCUT2D eigenvalue weighted by Gasteiger charge is 2.22. The summed E-state index contributed by atoms with van der Waals surface area (Å²) in [5.41, 5.74) is 0.0321. The first-order valence-corrected chi connectivity index (χ1v) is 4.59. The minimum absolute atomic E-state index is 0.0321. The first kappa shape index (κ1) is 8.69. The van der Waals surface area contributed by atoms with E-state index in [1.54, 1.807) is 0 Å². The Morgan fingerprint density at radius 3 is 2.77 bits per heavy atom. The van der Waals surface area contributed by atoms with Gasteiger partial charge in [-0.05, 0) is 0 Å². The highest BCUT2D eigenvalue weighted by Crippen LogP contribution is 2.19. The molecule has 1 aromatic heterocycles. The molecule has 0 spiro atoms. The Morgan fingerprint density at radius 1 is 1.38 bits per heavy atom. The average molecular weight is 181 g/mol. The largest absolute Gasteiger partial charge is 0.372 e. The molecule has 0 bridgehead atoms. The number of fused-ring (bicyclic) bond motifs is 1. The molecule has 1 aromatic rings. The van der Waals surface area contributed by atoms with Crippen molar-refractivity contribution in [1.29, 1.82) is 0 Å². The Hall–Kier alpha value is -0.900. The number of hydrogen-bond donors (Lipinski definition) is 0. The molecule has 72 valence electrons. The van der Waals surface area contributed by atoms with Gasteiger partial charge in [0.1, 0.15) is 6.61 Å². The van der Waals surface area contributed by atoms with E-state index in [1.165, 1.54) is 0 Å². The van der Waals surface area contributed by atoms with Crippen molar-refractivity contribution in [3.63, 3.8) is 0 Å². The second-order valence-electron chi connectivity index (χ2n) is 4.38. The smallest absolute Gasteiger partial charge is 0.156 e. The molecule has 0 aliphatic carbocycles. The van der Waals surface area contributed by atoms with Gasteiger partial charge >= 0.3 is 0 Å². The van der Waals surface area contributed by atoms with Crippen LogP contribution in [-0.2, 0) is 23.3 Å². The Labute approximate surface area is 77.9 Å². The molecule has 0 unspecified atom stereocenters. The predicted octanol–water partition coefficient (Wildman–Crippen LogP) is 1.11. The van der Waals surface area contributed by atoms with E-state index in [0.29, 0.717) is 6.61 Å². The lowest BCUT2D eigenvalue weighted by atomic mass is 9.96. The Balaban J connectivity index is 2.36. The zero-order valence-electron chi connectivity index (χ0n) is 8.37. The highest BCUT2D eigenvalue weighted by molar-refractivity contribution is 5.03. The number of ether oxygens (including phenoxy) is 1. The van der Waals surface area contributed by atoms with Gasteiger partial charge in [-0.3, -0.25) is 0 Å². The summed E-state index contributed by atoms with van der Waals surface area (Å²) in [5.74, 6) is 1.86. The third-order valence-electron chi connectivity index (χ3n) is 2.10. The predicted molar refractivity (Wildman–Crippen MR) is 48.4 cm³/mol. The summed E-state index contributed by atoms with van der Waals surface area (Å²) in [4.78, 5) is 4.45. The molecule has 0 saturated carbocycles. The lowest BCUT2D eigenvalue weighted by molar-refractivity contribution is 0.0769. The molecule has 13 heavy (non-hydrogen) atoms. The van der Waals surface area contributed by atoms with Crippen molar-refractivity contribution in [2.75, 3.05) is 6.61 Å². The molecule has 0 saturated heterocycles. The van der Waals surface area contributed by atoms with Gasteiger partial charge in [0.25, 0.3) is 0 Å². The van der Waals surface area contributed by atoms with E-state index >= 15 is 0 Å². The second kappa shape index (κ2) is 2.80. The number of rotatable bonds is 0. The fourth-order valence-electron chi connectivity index (χ4n) is 1.29. The van der Waals surface area contributed by atoms with Gasteiger partial charge in [0.15, 0.2) is 11.6 Å². The molecule has 0 N–H and O–H groups in total. The second-order valence-corrected chi connectivity index (χ2v) is 4.38. The zero-order valence-corrected chi connectivity index (χ0v) is 8.37. The van der Waals surface area contributed by atoms with Gasteiger partial charge in [-0.15, -0.1) is 0 Å². The van der Waals surface area contributed by atoms with Crippen LogP contribution in [0.4, 0.5) is 0 Å². The third kappa shape index (κ3) is 1.58. The van der Waals surface area contributed by atoms with Crippen LogP contribution in [-0.4, -0.2) is 21.4 Å². The van der Waals surface area contributed by atoms with Crippen molar-refractivity contribution in [1.82, 2.24) is 14.8 Å². The molecule has 0 radical (unpaired) electrons. The molecular formula is C9H15N3O. The maximum atomic E-state index is 5.30. The summed E-state index contributed by atoms with van der Waals surface area (Å²) >= 11 is 0. The summed E-state index contributed by atoms with van der Waals surface area (Å²) < 4.78 is 7.25. The van der Waals surface area contributed by atoms with Crippen LogP contribution in [0.3, 0.4) is 0 Å². The minimum atomic E-state index is 0.0321. The van der Waals surface area contributed by atoms with Crippen LogP contribution >= 0.6 is 0 Å². The summed E-state index contributed by atoms with van der Waals surface area (Å²) in [6.07, 6.45) is 0. The van der Waals surface area contributed by atoms with Crippen molar-refractivity contribution >= 4 is 0 Å². The van der Waals surface area contributed by atoms with E-state index in [4.69, 9.17) is 4.74 Å². The molecule has 0 aromatic carbocycles. The van der Waals surface area contributed by atoms with Crippen LogP contribution < -0.4 is 0 Å². The quantitative estimate of drug-likeness (QED) is 0.602. The molecule has 0 amide bonds. The lowest BCUT2D eigenvalue weighted by Gasteiger charge is -2.12. The number of nitrogens with zero attached hydrogens (tertiary/aromatic N) is 3. The van der Waals surface area contributed by atoms with Crippen LogP contribution in [0, 0.1) is 0 Å². The first-order chi connectivity index (χ1) is 6.07. The number of aromatic nitrogens is 3. The maximum Gasteiger partial charge on any atom is 0.156 e. The zero-order chi connectivity index (χ0) is 9.47. The summed E-state index contributed by atoms with van der Waals surface area (Å²) in [7, 11) is 0. The van der Waals surface area contributed by atoms with Crippen LogP contribution in [0.2, 0.25) is 0 Å². The van der Waals surface area contributed by atoms with E-state index in [2.05, 4.69) is 30.9 Å². The Morgan fingerprint density at radius 2 is 2.15 bits per heavy atom. The normalized spacial score (nSPS) is 17.2. The van der Waals surface area contributed by atoms with Crippen LogP contribution in [0.15, 0.2) is 0 Å². The number of hydrogen-bond acceptors (Lipinski definition) is 3. The molecule has 0 atom stereocenters. The fourth-order valence-corrected chi connectivity index (χ4v) is 1.29. The van der Waals surface area contributed by atoms with Gasteiger partial charge < -0.3 is 4.74 Å². The van der Waals surface area contributed by atoms with Crippen molar-refractivity contribution in [2.24, 2.45) is 0 Å². The van der Waals surface area contributed by atoms with E-state index in [9.17, 15) is 0 Å².